The van der Waals surface area contributed by atoms with Gasteiger partial charge in [0.2, 0.25) is 0 Å². The third kappa shape index (κ3) is 4.86. The Balaban J connectivity index is 1.32. The minimum Gasteiger partial charge on any atom is -0.394 e. The number of carbonyl (C=O) groups excluding carboxylic acids is 1. The van der Waals surface area contributed by atoms with Crippen molar-refractivity contribution in [2.75, 3.05) is 48.4 Å². The zero-order valence-electron chi connectivity index (χ0n) is 20.4. The largest absolute Gasteiger partial charge is 0.394 e. The summed E-state index contributed by atoms with van der Waals surface area (Å²) < 4.78 is 11.0. The number of hydrogen-bond acceptors (Lipinski definition) is 11. The quantitative estimate of drug-likeness (QED) is 0.275. The van der Waals surface area contributed by atoms with E-state index in [1.54, 1.807) is 24.4 Å². The van der Waals surface area contributed by atoms with Crippen molar-refractivity contribution >= 4 is 29.2 Å². The van der Waals surface area contributed by atoms with E-state index in [1.165, 1.54) is 0 Å². The fraction of sp³-hybridized carbons (Fsp3) is 0.269. The molecule has 4 N–H and O–H groups in total. The molecule has 0 bridgehead atoms. The lowest BCUT2D eigenvalue weighted by Gasteiger charge is -2.24. The van der Waals surface area contributed by atoms with E-state index in [2.05, 4.69) is 36.1 Å². The molecule has 3 aromatic heterocycles. The van der Waals surface area contributed by atoms with Crippen molar-refractivity contribution in [2.45, 2.75) is 12.6 Å². The van der Waals surface area contributed by atoms with Crippen LogP contribution >= 0.6 is 0 Å². The van der Waals surface area contributed by atoms with E-state index in [-0.39, 0.29) is 18.6 Å². The third-order valence-electron chi connectivity index (χ3n) is 6.45. The predicted octanol–water partition coefficient (Wildman–Crippen LogP) is 2.50. The number of aromatic nitrogens is 4. The first-order chi connectivity index (χ1) is 18.7. The summed E-state index contributed by atoms with van der Waals surface area (Å²) in [4.78, 5) is 27.6. The number of hydrogen-bond donors (Lipinski definition) is 4. The van der Waals surface area contributed by atoms with Gasteiger partial charge in [0, 0.05) is 25.4 Å². The van der Waals surface area contributed by atoms with E-state index in [0.717, 1.165) is 5.56 Å². The molecule has 4 aromatic rings. The van der Waals surface area contributed by atoms with Gasteiger partial charge in [-0.1, -0.05) is 30.3 Å². The Kier molecular flexibility index (Phi) is 6.54. The highest BCUT2D eigenvalue weighted by molar-refractivity contribution is 5.98. The minimum atomic E-state index is -0.387. The Hall–Kier alpha value is -4.55. The first kappa shape index (κ1) is 23.8. The van der Waals surface area contributed by atoms with E-state index < -0.39 is 0 Å². The van der Waals surface area contributed by atoms with Gasteiger partial charge >= 0.3 is 0 Å². The van der Waals surface area contributed by atoms with E-state index >= 15 is 0 Å². The fourth-order valence-corrected chi connectivity index (χ4v) is 4.44. The molecule has 0 spiro atoms. The van der Waals surface area contributed by atoms with Crippen LogP contribution in [0.2, 0.25) is 0 Å². The third-order valence-corrected chi connectivity index (χ3v) is 6.45. The van der Waals surface area contributed by atoms with Crippen molar-refractivity contribution < 1.29 is 19.2 Å². The van der Waals surface area contributed by atoms with E-state index in [0.29, 0.717) is 78.8 Å². The Bertz CT molecular complexity index is 1440. The highest BCUT2D eigenvalue weighted by atomic mass is 16.5. The number of ether oxygens (including phenoxy) is 1. The van der Waals surface area contributed by atoms with Crippen molar-refractivity contribution in [3.8, 4) is 11.5 Å². The molecule has 12 nitrogen and oxygen atoms in total. The number of morpholine rings is 1. The molecule has 1 aromatic carbocycles. The number of nitrogens with zero attached hydrogens (tertiary/aromatic N) is 5. The smallest absolute Gasteiger partial charge is 0.266 e. The molecule has 5 heterocycles. The first-order valence-corrected chi connectivity index (χ1v) is 12.3. The maximum atomic E-state index is 11.9. The molecular formula is C26H26N8O4. The summed E-state index contributed by atoms with van der Waals surface area (Å²) in [6.07, 6.45) is 1.64. The Morgan fingerprint density at radius 3 is 2.71 bits per heavy atom. The second-order valence-corrected chi connectivity index (χ2v) is 8.90. The molecule has 194 valence electrons. The van der Waals surface area contributed by atoms with Crippen LogP contribution in [-0.4, -0.2) is 64.0 Å². The van der Waals surface area contributed by atoms with Gasteiger partial charge in [0.15, 0.2) is 0 Å². The monoisotopic (exact) mass is 514 g/mol. The standard InChI is InChI=1S/C26H26N8O4/c35-15-21(16-4-2-1-3-5-16)29-19-12-23(31-22-7-6-17-20(30-22)14-28-24(17)36)27-13-18(19)25-32-26(33-38-25)34-8-10-37-11-9-34/h1-7,12-13,21,35H,8-11,14-15H2,(H,28,36)(H2,27,29,30,31)/t21-/m1/s1. The molecule has 1 saturated heterocycles. The molecule has 1 amide bonds. The first-order valence-electron chi connectivity index (χ1n) is 12.3. The number of nitrogens with one attached hydrogen (secondary N) is 3. The van der Waals surface area contributed by atoms with Crippen LogP contribution in [0.1, 0.15) is 27.7 Å². The van der Waals surface area contributed by atoms with Crippen LogP contribution < -0.4 is 20.9 Å². The van der Waals surface area contributed by atoms with Crippen LogP contribution in [0.5, 0.6) is 0 Å². The van der Waals surface area contributed by atoms with Crippen molar-refractivity contribution in [3.63, 3.8) is 0 Å². The van der Waals surface area contributed by atoms with Crippen molar-refractivity contribution in [1.29, 1.82) is 0 Å². The fourth-order valence-electron chi connectivity index (χ4n) is 4.44. The SMILES string of the molecule is O=C1NCc2nc(Nc3cc(N[C@H](CO)c4ccccc4)c(-c4nc(N5CCOCC5)no4)cn3)ccc21. The molecule has 0 radical (unpaired) electrons. The molecule has 6 rings (SSSR count). The summed E-state index contributed by atoms with van der Waals surface area (Å²) in [5, 5.41) is 23.7. The number of aliphatic hydroxyl groups excluding tert-OH is 1. The Morgan fingerprint density at radius 1 is 1.05 bits per heavy atom. The molecule has 2 aliphatic rings. The van der Waals surface area contributed by atoms with Gasteiger partial charge in [-0.05, 0) is 22.9 Å². The zero-order valence-corrected chi connectivity index (χ0v) is 20.4. The lowest BCUT2D eigenvalue weighted by Crippen LogP contribution is -2.36. The molecule has 0 saturated carbocycles. The summed E-state index contributed by atoms with van der Waals surface area (Å²) in [7, 11) is 0. The lowest BCUT2D eigenvalue weighted by atomic mass is 10.1. The number of fused-ring (bicyclic) bond motifs is 1. The number of rotatable bonds is 8. The molecular weight excluding hydrogens is 488 g/mol. The average Bonchev–Trinajstić information content (AvgIpc) is 3.60. The van der Waals surface area contributed by atoms with Gasteiger partial charge in [0.05, 0.1) is 54.9 Å². The van der Waals surface area contributed by atoms with Gasteiger partial charge in [0.1, 0.15) is 11.6 Å². The number of aliphatic hydroxyl groups is 1. The van der Waals surface area contributed by atoms with Crippen LogP contribution in [0.3, 0.4) is 0 Å². The molecule has 12 heteroatoms. The Morgan fingerprint density at radius 2 is 1.89 bits per heavy atom. The van der Waals surface area contributed by atoms with Crippen molar-refractivity contribution in [3.05, 3.63) is 71.5 Å². The van der Waals surface area contributed by atoms with Gasteiger partial charge in [-0.3, -0.25) is 4.79 Å². The summed E-state index contributed by atoms with van der Waals surface area (Å²) >= 11 is 0. The molecule has 1 fully saturated rings. The molecule has 38 heavy (non-hydrogen) atoms. The zero-order chi connectivity index (χ0) is 25.9. The second kappa shape index (κ2) is 10.4. The van der Waals surface area contributed by atoms with Crippen molar-refractivity contribution in [2.24, 2.45) is 0 Å². The van der Waals surface area contributed by atoms with Crippen molar-refractivity contribution in [1.82, 2.24) is 25.4 Å². The topological polar surface area (TPSA) is 151 Å². The minimum absolute atomic E-state index is 0.125. The molecule has 2 aliphatic heterocycles. The Labute approximate surface area is 218 Å². The van der Waals surface area contributed by atoms with Gasteiger partial charge in [-0.15, -0.1) is 0 Å². The van der Waals surface area contributed by atoms with Crippen LogP contribution in [-0.2, 0) is 11.3 Å². The second-order valence-electron chi connectivity index (χ2n) is 8.90. The van der Waals surface area contributed by atoms with Gasteiger partial charge in [-0.2, -0.15) is 4.98 Å². The van der Waals surface area contributed by atoms with Crippen LogP contribution in [0, 0.1) is 0 Å². The normalized spacial score (nSPS) is 15.6. The number of amides is 1. The van der Waals surface area contributed by atoms with Crippen LogP contribution in [0.15, 0.2) is 59.3 Å². The highest BCUT2D eigenvalue weighted by Gasteiger charge is 2.23. The van der Waals surface area contributed by atoms with E-state index in [4.69, 9.17) is 9.26 Å². The number of benzene rings is 1. The number of carbonyl (C=O) groups is 1. The molecule has 0 aliphatic carbocycles. The maximum absolute atomic E-state index is 11.9. The maximum Gasteiger partial charge on any atom is 0.266 e. The molecule has 1 atom stereocenters. The summed E-state index contributed by atoms with van der Waals surface area (Å²) in [6, 6.07) is 14.6. The summed E-state index contributed by atoms with van der Waals surface area (Å²) in [5.41, 5.74) is 3.40. The van der Waals surface area contributed by atoms with E-state index in [9.17, 15) is 9.90 Å². The summed E-state index contributed by atoms with van der Waals surface area (Å²) in [6.45, 7) is 2.83. The van der Waals surface area contributed by atoms with Gasteiger partial charge in [-0.25, -0.2) is 9.97 Å². The van der Waals surface area contributed by atoms with Gasteiger partial charge < -0.3 is 35.2 Å². The van der Waals surface area contributed by atoms with Crippen LogP contribution in [0.25, 0.3) is 11.5 Å². The van der Waals surface area contributed by atoms with Crippen LogP contribution in [0.4, 0.5) is 23.3 Å². The number of pyridine rings is 2. The lowest BCUT2D eigenvalue weighted by molar-refractivity contribution is 0.0965. The highest BCUT2D eigenvalue weighted by Crippen LogP contribution is 2.33. The predicted molar refractivity (Wildman–Crippen MR) is 139 cm³/mol. The molecule has 0 unspecified atom stereocenters. The summed E-state index contributed by atoms with van der Waals surface area (Å²) in [5.74, 6) is 1.74. The number of anilines is 4. The average molecular weight is 515 g/mol. The van der Waals surface area contributed by atoms with E-state index in [1.807, 2.05) is 35.2 Å². The van der Waals surface area contributed by atoms with Gasteiger partial charge in [0.25, 0.3) is 17.7 Å².